The minimum absolute atomic E-state index is 0.208. The van der Waals surface area contributed by atoms with E-state index in [4.69, 9.17) is 4.74 Å². The lowest BCUT2D eigenvalue weighted by atomic mass is 10.2. The molecule has 0 spiro atoms. The molecule has 0 radical (unpaired) electrons. The van der Waals surface area contributed by atoms with Crippen LogP contribution in [0.4, 0.5) is 5.69 Å². The van der Waals surface area contributed by atoms with Crippen LogP contribution in [0.15, 0.2) is 53.2 Å². The van der Waals surface area contributed by atoms with Gasteiger partial charge in [-0.1, -0.05) is 12.1 Å². The summed E-state index contributed by atoms with van der Waals surface area (Å²) in [6.45, 7) is 0.208. The molecule has 1 atom stereocenters. The molecule has 3 N–H and O–H groups in total. The summed E-state index contributed by atoms with van der Waals surface area (Å²) in [4.78, 5) is 25.7. The number of carbonyl (C=O) groups excluding carboxylic acids is 2. The maximum absolute atomic E-state index is 12.1. The Morgan fingerprint density at radius 1 is 1.15 bits per heavy atom. The average molecular weight is 402 g/mol. The first-order valence-electron chi connectivity index (χ1n) is 8.09. The van der Waals surface area contributed by atoms with E-state index in [2.05, 4.69) is 10.6 Å². The second-order valence-corrected chi connectivity index (χ2v) is 7.58. The van der Waals surface area contributed by atoms with Gasteiger partial charge in [-0.25, -0.2) is 0 Å². The lowest BCUT2D eigenvalue weighted by molar-refractivity contribution is -0.136. The molecule has 0 aliphatic rings. The van der Waals surface area contributed by atoms with Gasteiger partial charge >= 0.3 is 11.8 Å². The SMILES string of the molecule is COc1ccccc1NC(=O)C(=O)NCc1ccc(C(O)c2ccsc2)s1. The highest BCUT2D eigenvalue weighted by molar-refractivity contribution is 7.12. The summed E-state index contributed by atoms with van der Waals surface area (Å²) in [6, 6.07) is 12.4. The minimum atomic E-state index is -0.769. The fourth-order valence-electron chi connectivity index (χ4n) is 2.41. The summed E-state index contributed by atoms with van der Waals surface area (Å²) in [7, 11) is 1.49. The van der Waals surface area contributed by atoms with Crippen molar-refractivity contribution in [3.63, 3.8) is 0 Å². The second-order valence-electron chi connectivity index (χ2n) is 5.60. The zero-order valence-electron chi connectivity index (χ0n) is 14.5. The van der Waals surface area contributed by atoms with Crippen molar-refractivity contribution in [3.8, 4) is 5.75 Å². The number of aliphatic hydroxyl groups is 1. The molecule has 3 rings (SSSR count). The molecule has 0 saturated heterocycles. The average Bonchev–Trinajstić information content (AvgIpc) is 3.38. The Balaban J connectivity index is 1.55. The standard InChI is InChI=1S/C19H18N2O4S2/c1-25-15-5-3-2-4-14(15)21-19(24)18(23)20-10-13-6-7-16(27-13)17(22)12-8-9-26-11-12/h2-9,11,17,22H,10H2,1H3,(H,20,23)(H,21,24). The number of rotatable bonds is 6. The number of ether oxygens (including phenoxy) is 1. The van der Waals surface area contributed by atoms with Crippen LogP contribution in [0.25, 0.3) is 0 Å². The van der Waals surface area contributed by atoms with Crippen LogP contribution in [-0.4, -0.2) is 24.0 Å². The summed E-state index contributed by atoms with van der Waals surface area (Å²) in [5.41, 5.74) is 1.27. The lowest BCUT2D eigenvalue weighted by Crippen LogP contribution is -2.34. The van der Waals surface area contributed by atoms with E-state index in [9.17, 15) is 14.7 Å². The number of anilines is 1. The van der Waals surface area contributed by atoms with E-state index in [1.165, 1.54) is 29.8 Å². The minimum Gasteiger partial charge on any atom is -0.495 e. The van der Waals surface area contributed by atoms with Gasteiger partial charge in [-0.05, 0) is 46.7 Å². The molecule has 8 heteroatoms. The number of nitrogens with one attached hydrogen (secondary N) is 2. The van der Waals surface area contributed by atoms with Crippen LogP contribution in [-0.2, 0) is 16.1 Å². The summed E-state index contributed by atoms with van der Waals surface area (Å²) >= 11 is 2.92. The van der Waals surface area contributed by atoms with Crippen molar-refractivity contribution in [2.24, 2.45) is 0 Å². The first-order valence-corrected chi connectivity index (χ1v) is 9.85. The molecule has 0 aliphatic heterocycles. The lowest BCUT2D eigenvalue weighted by Gasteiger charge is -2.09. The van der Waals surface area contributed by atoms with Crippen LogP contribution in [0.2, 0.25) is 0 Å². The smallest absolute Gasteiger partial charge is 0.313 e. The van der Waals surface area contributed by atoms with E-state index >= 15 is 0 Å². The number of benzene rings is 1. The fraction of sp³-hybridized carbons (Fsp3) is 0.158. The molecule has 6 nitrogen and oxygen atoms in total. The van der Waals surface area contributed by atoms with E-state index in [0.29, 0.717) is 11.4 Å². The molecule has 140 valence electrons. The van der Waals surface area contributed by atoms with Gasteiger partial charge < -0.3 is 20.5 Å². The van der Waals surface area contributed by atoms with Gasteiger partial charge in [0.25, 0.3) is 0 Å². The van der Waals surface area contributed by atoms with Crippen LogP contribution < -0.4 is 15.4 Å². The van der Waals surface area contributed by atoms with E-state index in [1.54, 1.807) is 24.3 Å². The number of para-hydroxylation sites is 2. The van der Waals surface area contributed by atoms with Crippen molar-refractivity contribution in [2.75, 3.05) is 12.4 Å². The van der Waals surface area contributed by atoms with Gasteiger partial charge in [0.05, 0.1) is 19.3 Å². The van der Waals surface area contributed by atoms with Gasteiger partial charge in [0.15, 0.2) is 0 Å². The van der Waals surface area contributed by atoms with Crippen molar-refractivity contribution in [2.45, 2.75) is 12.6 Å². The number of thiophene rings is 2. The van der Waals surface area contributed by atoms with Crippen LogP contribution >= 0.6 is 22.7 Å². The normalized spacial score (nSPS) is 11.6. The number of amides is 2. The van der Waals surface area contributed by atoms with Gasteiger partial charge in [-0.3, -0.25) is 9.59 Å². The quantitative estimate of drug-likeness (QED) is 0.553. The third-order valence-electron chi connectivity index (χ3n) is 3.80. The highest BCUT2D eigenvalue weighted by Gasteiger charge is 2.17. The molecule has 0 saturated carbocycles. The number of hydrogen-bond acceptors (Lipinski definition) is 6. The van der Waals surface area contributed by atoms with Crippen LogP contribution in [0.5, 0.6) is 5.75 Å². The summed E-state index contributed by atoms with van der Waals surface area (Å²) in [6.07, 6.45) is -0.681. The molecule has 2 aromatic heterocycles. The maximum Gasteiger partial charge on any atom is 0.313 e. The predicted molar refractivity (Wildman–Crippen MR) is 106 cm³/mol. The van der Waals surface area contributed by atoms with Crippen LogP contribution in [0.3, 0.4) is 0 Å². The molecule has 27 heavy (non-hydrogen) atoms. The van der Waals surface area contributed by atoms with Crippen molar-refractivity contribution >= 4 is 40.2 Å². The number of aliphatic hydroxyl groups excluding tert-OH is 1. The monoisotopic (exact) mass is 402 g/mol. The molecular formula is C19H18N2O4S2. The molecular weight excluding hydrogens is 384 g/mol. The zero-order chi connectivity index (χ0) is 19.2. The van der Waals surface area contributed by atoms with Gasteiger partial charge in [0.1, 0.15) is 11.9 Å². The van der Waals surface area contributed by atoms with Gasteiger partial charge in [0.2, 0.25) is 0 Å². The van der Waals surface area contributed by atoms with Crippen LogP contribution in [0.1, 0.15) is 21.4 Å². The number of hydrogen-bond donors (Lipinski definition) is 3. The number of methoxy groups -OCH3 is 1. The number of carbonyl (C=O) groups is 2. The van der Waals surface area contributed by atoms with Gasteiger partial charge in [0, 0.05) is 9.75 Å². The van der Waals surface area contributed by atoms with Crippen LogP contribution in [0, 0.1) is 0 Å². The Kier molecular flexibility index (Phi) is 6.23. The Morgan fingerprint density at radius 2 is 1.96 bits per heavy atom. The Hall–Kier alpha value is -2.68. The van der Waals surface area contributed by atoms with Crippen molar-refractivity contribution in [1.29, 1.82) is 0 Å². The predicted octanol–water partition coefficient (Wildman–Crippen LogP) is 3.15. The molecule has 0 bridgehead atoms. The van der Waals surface area contributed by atoms with Crippen molar-refractivity contribution in [1.82, 2.24) is 5.32 Å². The molecule has 2 heterocycles. The topological polar surface area (TPSA) is 87.7 Å². The summed E-state index contributed by atoms with van der Waals surface area (Å²) in [5, 5.41) is 19.2. The highest BCUT2D eigenvalue weighted by atomic mass is 32.1. The fourth-order valence-corrected chi connectivity index (χ4v) is 4.05. The Labute approximate surface area is 164 Å². The third kappa shape index (κ3) is 4.73. The maximum atomic E-state index is 12.1. The van der Waals surface area contributed by atoms with Gasteiger partial charge in [-0.15, -0.1) is 11.3 Å². The summed E-state index contributed by atoms with van der Waals surface area (Å²) < 4.78 is 5.14. The molecule has 2 amide bonds. The van der Waals surface area contributed by atoms with Crippen molar-refractivity contribution in [3.05, 3.63) is 68.5 Å². The Bertz CT molecular complexity index is 921. The first kappa shape index (κ1) is 19.1. The molecule has 1 unspecified atom stereocenters. The second kappa shape index (κ2) is 8.81. The first-order chi connectivity index (χ1) is 13.1. The molecule has 0 fully saturated rings. The molecule has 1 aromatic carbocycles. The highest BCUT2D eigenvalue weighted by Crippen LogP contribution is 2.29. The zero-order valence-corrected chi connectivity index (χ0v) is 16.1. The van der Waals surface area contributed by atoms with E-state index < -0.39 is 17.9 Å². The summed E-state index contributed by atoms with van der Waals surface area (Å²) in [5.74, 6) is -1.03. The van der Waals surface area contributed by atoms with E-state index in [0.717, 1.165) is 15.3 Å². The van der Waals surface area contributed by atoms with E-state index in [1.807, 2.05) is 29.0 Å². The third-order valence-corrected chi connectivity index (χ3v) is 5.63. The van der Waals surface area contributed by atoms with Crippen molar-refractivity contribution < 1.29 is 19.4 Å². The Morgan fingerprint density at radius 3 is 2.70 bits per heavy atom. The largest absolute Gasteiger partial charge is 0.495 e. The van der Waals surface area contributed by atoms with Gasteiger partial charge in [-0.2, -0.15) is 11.3 Å². The molecule has 0 aliphatic carbocycles. The van der Waals surface area contributed by atoms with E-state index in [-0.39, 0.29) is 6.54 Å². The molecule has 3 aromatic rings.